The molecule has 1 rings (SSSR count). The van der Waals surface area contributed by atoms with Crippen molar-refractivity contribution >= 4 is 5.69 Å². The number of nitrogens with zero attached hydrogens (tertiary/aromatic N) is 1. The zero-order valence-electron chi connectivity index (χ0n) is 21.6. The maximum Gasteiger partial charge on any atom is 0.135 e. The second kappa shape index (κ2) is 20.1. The van der Waals surface area contributed by atoms with Crippen molar-refractivity contribution < 1.29 is 12.4 Å². The summed E-state index contributed by atoms with van der Waals surface area (Å²) >= 11 is 0. The molecule has 0 bridgehead atoms. The second-order valence-corrected chi connectivity index (χ2v) is 9.59. The van der Waals surface area contributed by atoms with E-state index in [-0.39, 0.29) is 12.4 Å². The summed E-state index contributed by atoms with van der Waals surface area (Å²) in [5.41, 5.74) is 3.00. The van der Waals surface area contributed by atoms with E-state index in [1.165, 1.54) is 128 Å². The van der Waals surface area contributed by atoms with Crippen LogP contribution in [0.25, 0.3) is 0 Å². The lowest BCUT2D eigenvalue weighted by molar-refractivity contribution is -0.00000666. The molecule has 1 aromatic rings. The van der Waals surface area contributed by atoms with E-state index < -0.39 is 0 Å². The lowest BCUT2D eigenvalue weighted by Crippen LogP contribution is -3.00. The van der Waals surface area contributed by atoms with Crippen molar-refractivity contribution in [3.8, 4) is 0 Å². The molecule has 1 aromatic carbocycles. The molecule has 0 aliphatic rings. The van der Waals surface area contributed by atoms with Crippen LogP contribution in [0.15, 0.2) is 24.3 Å². The molecule has 0 N–H and O–H groups in total. The summed E-state index contributed by atoms with van der Waals surface area (Å²) in [4.78, 5) is 0. The fourth-order valence-electron chi connectivity index (χ4n) is 5.06. The molecule has 0 saturated carbocycles. The van der Waals surface area contributed by atoms with E-state index in [0.717, 1.165) is 4.48 Å². The fraction of sp³-hybridized carbons (Fsp3) is 0.793. The molecule has 0 aromatic heterocycles. The van der Waals surface area contributed by atoms with Gasteiger partial charge >= 0.3 is 0 Å². The van der Waals surface area contributed by atoms with Gasteiger partial charge in [0.1, 0.15) is 5.69 Å². The maximum atomic E-state index is 2.36. The lowest BCUT2D eigenvalue weighted by atomic mass is 10.0. The average Bonchev–Trinajstić information content (AvgIpc) is 2.77. The minimum Gasteiger partial charge on any atom is -1.00 e. The van der Waals surface area contributed by atoms with Gasteiger partial charge in [0, 0.05) is 5.56 Å². The van der Waals surface area contributed by atoms with Crippen molar-refractivity contribution in [2.75, 3.05) is 19.6 Å². The Labute approximate surface area is 202 Å². The smallest absolute Gasteiger partial charge is 0.135 e. The Balaban J connectivity index is 0.00000900. The molecule has 1 nitrogen and oxygen atoms in total. The Morgan fingerprint density at radius 3 is 1.32 bits per heavy atom. The molecule has 0 aliphatic carbocycles. The summed E-state index contributed by atoms with van der Waals surface area (Å²) in [5, 5.41) is 0. The first-order valence-electron chi connectivity index (χ1n) is 13.6. The monoisotopic (exact) mass is 451 g/mol. The van der Waals surface area contributed by atoms with Crippen LogP contribution in [0.3, 0.4) is 0 Å². The van der Waals surface area contributed by atoms with Crippen LogP contribution < -0.4 is 16.9 Å². The Morgan fingerprint density at radius 2 is 0.935 bits per heavy atom. The summed E-state index contributed by atoms with van der Waals surface area (Å²) in [5.74, 6) is 0. The molecule has 0 atom stereocenters. The van der Waals surface area contributed by atoms with Crippen molar-refractivity contribution in [2.24, 2.45) is 0 Å². The topological polar surface area (TPSA) is 0 Å². The number of para-hydroxylation sites is 1. The van der Waals surface area contributed by atoms with E-state index in [1.807, 2.05) is 0 Å². The van der Waals surface area contributed by atoms with Gasteiger partial charge in [0.25, 0.3) is 0 Å². The maximum absolute atomic E-state index is 2.36. The SMILES string of the molecule is CCCCCCCCCCCCCCCCCC[N+](CC)(CC)c1ccccc1C.[Cl-]. The normalized spacial score (nSPS) is 11.5. The largest absolute Gasteiger partial charge is 1.00 e. The van der Waals surface area contributed by atoms with Crippen LogP contribution >= 0.6 is 0 Å². The molecular weight excluding hydrogens is 398 g/mol. The Hall–Kier alpha value is -0.530. The second-order valence-electron chi connectivity index (χ2n) is 9.59. The molecule has 2 heteroatoms. The highest BCUT2D eigenvalue weighted by molar-refractivity contribution is 5.49. The predicted molar refractivity (Wildman–Crippen MR) is 138 cm³/mol. The quantitative estimate of drug-likeness (QED) is 0.154. The lowest BCUT2D eigenvalue weighted by Gasteiger charge is -2.37. The third kappa shape index (κ3) is 12.9. The highest BCUT2D eigenvalue weighted by atomic mass is 35.5. The van der Waals surface area contributed by atoms with Gasteiger partial charge in [-0.1, -0.05) is 115 Å². The molecule has 0 spiro atoms. The molecule has 0 fully saturated rings. The Morgan fingerprint density at radius 1 is 0.548 bits per heavy atom. The van der Waals surface area contributed by atoms with Crippen molar-refractivity contribution in [3.05, 3.63) is 29.8 Å². The van der Waals surface area contributed by atoms with E-state index in [0.29, 0.717) is 0 Å². The van der Waals surface area contributed by atoms with E-state index in [1.54, 1.807) is 5.69 Å². The van der Waals surface area contributed by atoms with Gasteiger partial charge in [-0.25, -0.2) is 0 Å². The molecule has 0 heterocycles. The molecule has 182 valence electrons. The molecule has 0 unspecified atom stereocenters. The summed E-state index contributed by atoms with van der Waals surface area (Å²) in [6.45, 7) is 13.0. The predicted octanol–water partition coefficient (Wildman–Crippen LogP) is 6.61. The highest BCUT2D eigenvalue weighted by Gasteiger charge is 2.27. The third-order valence-corrected chi connectivity index (χ3v) is 7.28. The summed E-state index contributed by atoms with van der Waals surface area (Å²) in [7, 11) is 0. The van der Waals surface area contributed by atoms with Gasteiger partial charge in [-0.2, -0.15) is 0 Å². The molecule has 0 aliphatic heterocycles. The number of rotatable bonds is 20. The van der Waals surface area contributed by atoms with Gasteiger partial charge in [-0.3, -0.25) is 4.48 Å². The summed E-state index contributed by atoms with van der Waals surface area (Å²) in [6, 6.07) is 9.03. The highest BCUT2D eigenvalue weighted by Crippen LogP contribution is 2.28. The standard InChI is InChI=1S/C29H54N.ClH/c1-5-8-9-10-11-12-13-14-15-16-17-18-19-20-21-24-27-30(6-2,7-3)29-26-23-22-25-28(29)4;/h22-23,25-26H,5-21,24,27H2,1-4H3;1H/q+1;/p-1. The molecule has 0 radical (unpaired) electrons. The van der Waals surface area contributed by atoms with E-state index in [9.17, 15) is 0 Å². The minimum absolute atomic E-state index is 0. The van der Waals surface area contributed by atoms with E-state index >= 15 is 0 Å². The number of halogens is 1. The Bertz CT molecular complexity index is 509. The molecule has 0 amide bonds. The average molecular weight is 452 g/mol. The third-order valence-electron chi connectivity index (χ3n) is 7.28. The number of quaternary nitrogens is 1. The molecule has 0 saturated heterocycles. The fourth-order valence-corrected chi connectivity index (χ4v) is 5.06. The van der Waals surface area contributed by atoms with Gasteiger partial charge in [0.15, 0.2) is 0 Å². The number of benzene rings is 1. The molecule has 31 heavy (non-hydrogen) atoms. The van der Waals surface area contributed by atoms with E-state index in [4.69, 9.17) is 0 Å². The van der Waals surface area contributed by atoms with Crippen molar-refractivity contribution in [1.82, 2.24) is 4.48 Å². The molecular formula is C29H54ClN. The van der Waals surface area contributed by atoms with Crippen LogP contribution in [-0.4, -0.2) is 19.6 Å². The summed E-state index contributed by atoms with van der Waals surface area (Å²) < 4.78 is 1.16. The number of hydrogen-bond donors (Lipinski definition) is 0. The van der Waals surface area contributed by atoms with Crippen LogP contribution in [-0.2, 0) is 0 Å². The minimum atomic E-state index is 0. The first-order chi connectivity index (χ1) is 14.7. The number of aryl methyl sites for hydroxylation is 1. The first kappa shape index (κ1) is 30.5. The van der Waals surface area contributed by atoms with Gasteiger partial charge in [0.2, 0.25) is 0 Å². The summed E-state index contributed by atoms with van der Waals surface area (Å²) in [6.07, 6.45) is 23.1. The van der Waals surface area contributed by atoms with Crippen LogP contribution in [0.4, 0.5) is 5.69 Å². The van der Waals surface area contributed by atoms with Gasteiger partial charge in [-0.05, 0) is 39.7 Å². The van der Waals surface area contributed by atoms with E-state index in [2.05, 4.69) is 52.0 Å². The number of hydrogen-bond acceptors (Lipinski definition) is 0. The zero-order valence-corrected chi connectivity index (χ0v) is 22.3. The van der Waals surface area contributed by atoms with Gasteiger partial charge in [-0.15, -0.1) is 0 Å². The van der Waals surface area contributed by atoms with Crippen molar-refractivity contribution in [1.29, 1.82) is 0 Å². The van der Waals surface area contributed by atoms with Crippen LogP contribution in [0.1, 0.15) is 129 Å². The Kier molecular flexibility index (Phi) is 19.8. The first-order valence-corrected chi connectivity index (χ1v) is 13.6. The van der Waals surface area contributed by atoms with Gasteiger partial charge < -0.3 is 12.4 Å². The van der Waals surface area contributed by atoms with Crippen LogP contribution in [0.5, 0.6) is 0 Å². The van der Waals surface area contributed by atoms with Crippen molar-refractivity contribution in [2.45, 2.75) is 130 Å². The zero-order chi connectivity index (χ0) is 21.9. The van der Waals surface area contributed by atoms with Gasteiger partial charge in [0.05, 0.1) is 19.6 Å². The van der Waals surface area contributed by atoms with Crippen molar-refractivity contribution in [3.63, 3.8) is 0 Å². The number of unbranched alkanes of at least 4 members (excludes halogenated alkanes) is 15. The van der Waals surface area contributed by atoms with Crippen LogP contribution in [0, 0.1) is 6.92 Å². The van der Waals surface area contributed by atoms with Crippen LogP contribution in [0.2, 0.25) is 0 Å².